The molecule has 2 aromatic carbocycles. The molecule has 2 aliphatic rings. The average molecular weight is 441 g/mol. The lowest BCUT2D eigenvalue weighted by molar-refractivity contribution is -0.121. The summed E-state index contributed by atoms with van der Waals surface area (Å²) >= 11 is 0. The zero-order valence-corrected chi connectivity index (χ0v) is 18.0. The molecule has 6 rings (SSSR count). The highest BCUT2D eigenvalue weighted by Crippen LogP contribution is 2.38. The Hall–Kier alpha value is -3.84. The van der Waals surface area contributed by atoms with Crippen LogP contribution in [0.1, 0.15) is 29.3 Å². The molecule has 3 heterocycles. The van der Waals surface area contributed by atoms with E-state index in [1.807, 2.05) is 47.5 Å². The maximum Gasteiger partial charge on any atom is 0.265 e. The topological polar surface area (TPSA) is 90.5 Å². The summed E-state index contributed by atoms with van der Waals surface area (Å²) in [7, 11) is 0. The van der Waals surface area contributed by atoms with Crippen molar-refractivity contribution in [2.24, 2.45) is 0 Å². The molecule has 3 N–H and O–H groups in total. The lowest BCUT2D eigenvalue weighted by atomic mass is 10.1. The molecule has 0 radical (unpaired) electrons. The number of fused-ring (bicyclic) bond motifs is 3. The first-order valence-electron chi connectivity index (χ1n) is 11.2. The number of carbonyl (C=O) groups excluding carboxylic acids is 1. The molecule has 2 aromatic heterocycles. The number of nitrogens with one attached hydrogen (secondary N) is 2. The number of nitrogens with zero attached hydrogens (tertiary/aromatic N) is 2. The molecule has 1 unspecified atom stereocenters. The summed E-state index contributed by atoms with van der Waals surface area (Å²) in [6.45, 7) is 0.612. The lowest BCUT2D eigenvalue weighted by Gasteiger charge is -2.30. The maximum atomic E-state index is 12.7. The number of ether oxygens (including phenoxy) is 1. The van der Waals surface area contributed by atoms with Crippen LogP contribution < -0.4 is 15.0 Å². The number of anilines is 3. The van der Waals surface area contributed by atoms with E-state index < -0.39 is 6.10 Å². The minimum absolute atomic E-state index is 0.0290. The fourth-order valence-electron chi connectivity index (χ4n) is 4.85. The Morgan fingerprint density at radius 2 is 2.12 bits per heavy atom. The van der Waals surface area contributed by atoms with Crippen LogP contribution in [0.25, 0.3) is 10.9 Å². The minimum atomic E-state index is -0.495. The van der Waals surface area contributed by atoms with Gasteiger partial charge in [0.1, 0.15) is 5.75 Å². The SMILES string of the molecule is O=C1COc2cc(Nc3ccnc4c3CCC4O)ccc2N1CCc1c[nH]c2ccccc12. The molecule has 7 heteroatoms. The molecule has 0 spiro atoms. The molecule has 7 nitrogen and oxygen atoms in total. The van der Waals surface area contributed by atoms with Gasteiger partial charge in [-0.3, -0.25) is 9.78 Å². The van der Waals surface area contributed by atoms with Crippen LogP contribution in [0.15, 0.2) is 60.9 Å². The molecule has 4 aromatic rings. The molecular formula is C26H24N4O3. The number of carbonyl (C=O) groups is 1. The number of aliphatic hydroxyl groups excluding tert-OH is 1. The predicted octanol–water partition coefficient (Wildman–Crippen LogP) is 4.25. The maximum absolute atomic E-state index is 12.7. The van der Waals surface area contributed by atoms with Crippen LogP contribution in [0.4, 0.5) is 17.1 Å². The second kappa shape index (κ2) is 7.94. The molecule has 0 bridgehead atoms. The number of aliphatic hydroxyl groups is 1. The molecule has 0 saturated heterocycles. The van der Waals surface area contributed by atoms with E-state index in [2.05, 4.69) is 27.4 Å². The van der Waals surface area contributed by atoms with Crippen molar-refractivity contribution in [1.29, 1.82) is 0 Å². The van der Waals surface area contributed by atoms with Gasteiger partial charge in [-0.1, -0.05) is 18.2 Å². The number of para-hydroxylation sites is 1. The van der Waals surface area contributed by atoms with Crippen molar-refractivity contribution in [3.05, 3.63) is 77.7 Å². The fraction of sp³-hybridized carbons (Fsp3) is 0.231. The molecule has 1 atom stereocenters. The van der Waals surface area contributed by atoms with Crippen molar-refractivity contribution in [3.63, 3.8) is 0 Å². The summed E-state index contributed by atoms with van der Waals surface area (Å²) in [5, 5.41) is 14.7. The van der Waals surface area contributed by atoms with Gasteiger partial charge in [-0.05, 0) is 54.7 Å². The molecule has 1 amide bonds. The summed E-state index contributed by atoms with van der Waals surface area (Å²) in [6, 6.07) is 15.9. The Morgan fingerprint density at radius 1 is 1.21 bits per heavy atom. The Morgan fingerprint density at radius 3 is 3.06 bits per heavy atom. The zero-order chi connectivity index (χ0) is 22.4. The van der Waals surface area contributed by atoms with E-state index in [0.29, 0.717) is 18.7 Å². The highest BCUT2D eigenvalue weighted by atomic mass is 16.5. The number of rotatable bonds is 5. The number of aromatic nitrogens is 2. The van der Waals surface area contributed by atoms with E-state index in [-0.39, 0.29) is 12.5 Å². The predicted molar refractivity (Wildman–Crippen MR) is 127 cm³/mol. The van der Waals surface area contributed by atoms with Gasteiger partial charge in [0.15, 0.2) is 6.61 Å². The van der Waals surface area contributed by atoms with Gasteiger partial charge < -0.3 is 25.0 Å². The largest absolute Gasteiger partial charge is 0.481 e. The fourth-order valence-corrected chi connectivity index (χ4v) is 4.85. The number of amides is 1. The monoisotopic (exact) mass is 440 g/mol. The van der Waals surface area contributed by atoms with Crippen molar-refractivity contribution in [1.82, 2.24) is 9.97 Å². The second-order valence-electron chi connectivity index (χ2n) is 8.53. The quantitative estimate of drug-likeness (QED) is 0.432. The Bertz CT molecular complexity index is 1360. The third kappa shape index (κ3) is 3.50. The van der Waals surface area contributed by atoms with Crippen LogP contribution in [-0.4, -0.2) is 34.1 Å². The number of pyridine rings is 1. The summed E-state index contributed by atoms with van der Waals surface area (Å²) in [5.74, 6) is 0.647. The van der Waals surface area contributed by atoms with E-state index in [4.69, 9.17) is 4.74 Å². The summed E-state index contributed by atoms with van der Waals surface area (Å²) in [6.07, 6.45) is 5.49. The normalized spacial score (nSPS) is 17.1. The van der Waals surface area contributed by atoms with Gasteiger partial charge in [-0.15, -0.1) is 0 Å². The van der Waals surface area contributed by atoms with Gasteiger partial charge in [0, 0.05) is 47.3 Å². The van der Waals surface area contributed by atoms with E-state index in [0.717, 1.165) is 46.7 Å². The number of hydrogen-bond acceptors (Lipinski definition) is 5. The smallest absolute Gasteiger partial charge is 0.265 e. The van der Waals surface area contributed by atoms with E-state index >= 15 is 0 Å². The van der Waals surface area contributed by atoms with Gasteiger partial charge >= 0.3 is 0 Å². The van der Waals surface area contributed by atoms with Gasteiger partial charge in [-0.25, -0.2) is 0 Å². The highest BCUT2D eigenvalue weighted by molar-refractivity contribution is 5.98. The Labute approximate surface area is 191 Å². The molecule has 1 aliphatic heterocycles. The molecule has 33 heavy (non-hydrogen) atoms. The third-order valence-electron chi connectivity index (χ3n) is 6.53. The van der Waals surface area contributed by atoms with E-state index in [9.17, 15) is 9.90 Å². The summed E-state index contributed by atoms with van der Waals surface area (Å²) in [5.41, 5.74) is 6.70. The Balaban J connectivity index is 1.24. The summed E-state index contributed by atoms with van der Waals surface area (Å²) in [4.78, 5) is 22.1. The van der Waals surface area contributed by atoms with Crippen LogP contribution >= 0.6 is 0 Å². The van der Waals surface area contributed by atoms with Crippen LogP contribution in [0.5, 0.6) is 5.75 Å². The number of hydrogen-bond donors (Lipinski definition) is 3. The van der Waals surface area contributed by atoms with Crippen LogP contribution in [0, 0.1) is 0 Å². The van der Waals surface area contributed by atoms with Crippen molar-refractivity contribution < 1.29 is 14.6 Å². The van der Waals surface area contributed by atoms with Crippen molar-refractivity contribution >= 4 is 33.9 Å². The van der Waals surface area contributed by atoms with E-state index in [1.165, 1.54) is 10.9 Å². The number of aromatic amines is 1. The summed E-state index contributed by atoms with van der Waals surface area (Å²) < 4.78 is 5.77. The first kappa shape index (κ1) is 19.8. The van der Waals surface area contributed by atoms with Crippen molar-refractivity contribution in [2.45, 2.75) is 25.4 Å². The minimum Gasteiger partial charge on any atom is -0.481 e. The van der Waals surface area contributed by atoms with Gasteiger partial charge in [-0.2, -0.15) is 0 Å². The number of benzene rings is 2. The standard InChI is InChI=1S/C26H24N4O3/c31-23-8-6-19-21(9-11-27-26(19)23)29-17-5-7-22-24(13-17)33-15-25(32)30(22)12-10-16-14-28-20-4-2-1-3-18(16)20/h1-5,7,9,11,13-14,23,28,31H,6,8,10,12,15H2,(H,27,29). The van der Waals surface area contributed by atoms with Gasteiger partial charge in [0.05, 0.1) is 17.5 Å². The van der Waals surface area contributed by atoms with Crippen LogP contribution in [0.3, 0.4) is 0 Å². The first-order chi connectivity index (χ1) is 16.2. The molecule has 0 fully saturated rings. The van der Waals surface area contributed by atoms with Gasteiger partial charge in [0.25, 0.3) is 5.91 Å². The highest BCUT2D eigenvalue weighted by Gasteiger charge is 2.27. The zero-order valence-electron chi connectivity index (χ0n) is 18.0. The molecule has 1 aliphatic carbocycles. The average Bonchev–Trinajstić information content (AvgIpc) is 3.43. The first-order valence-corrected chi connectivity index (χ1v) is 11.2. The van der Waals surface area contributed by atoms with Crippen LogP contribution in [0.2, 0.25) is 0 Å². The molecule has 0 saturated carbocycles. The Kier molecular flexibility index (Phi) is 4.77. The van der Waals surface area contributed by atoms with Crippen molar-refractivity contribution in [3.8, 4) is 5.75 Å². The molecular weight excluding hydrogens is 416 g/mol. The van der Waals surface area contributed by atoms with E-state index in [1.54, 1.807) is 6.20 Å². The molecule has 166 valence electrons. The van der Waals surface area contributed by atoms with Gasteiger partial charge in [0.2, 0.25) is 0 Å². The third-order valence-corrected chi connectivity index (χ3v) is 6.53. The lowest BCUT2D eigenvalue weighted by Crippen LogP contribution is -2.40. The van der Waals surface area contributed by atoms with Crippen LogP contribution in [-0.2, 0) is 17.6 Å². The van der Waals surface area contributed by atoms with Crippen molar-refractivity contribution in [2.75, 3.05) is 23.4 Å². The second-order valence-corrected chi connectivity index (χ2v) is 8.53. The number of H-pyrrole nitrogens is 1.